The molecule has 8 nitrogen and oxygen atoms in total. The number of nitrogens with one attached hydrogen (secondary N) is 2. The first-order valence-corrected chi connectivity index (χ1v) is 11.3. The molecule has 0 radical (unpaired) electrons. The molecule has 1 aliphatic carbocycles. The number of ether oxygens (including phenoxy) is 2. The van der Waals surface area contributed by atoms with Crippen molar-refractivity contribution in [1.29, 1.82) is 0 Å². The second kappa shape index (κ2) is 11.2. The van der Waals surface area contributed by atoms with Gasteiger partial charge in [0.05, 0.1) is 0 Å². The van der Waals surface area contributed by atoms with Crippen LogP contribution in [0.3, 0.4) is 0 Å². The molecule has 8 heteroatoms. The zero-order valence-electron chi connectivity index (χ0n) is 19.0. The van der Waals surface area contributed by atoms with Crippen LogP contribution in [0.5, 0.6) is 0 Å². The van der Waals surface area contributed by atoms with E-state index in [1.807, 2.05) is 78.9 Å². The third-order valence-electron chi connectivity index (χ3n) is 5.85. The third-order valence-corrected chi connectivity index (χ3v) is 5.85. The summed E-state index contributed by atoms with van der Waals surface area (Å²) in [4.78, 5) is 35.8. The Balaban J connectivity index is 1.25. The van der Waals surface area contributed by atoms with Gasteiger partial charge < -0.3 is 25.2 Å². The number of benzene rings is 3. The highest BCUT2D eigenvalue weighted by atomic mass is 16.6. The molecule has 0 saturated carbocycles. The minimum Gasteiger partial charge on any atom is -0.480 e. The summed E-state index contributed by atoms with van der Waals surface area (Å²) in [5.41, 5.74) is 5.17. The van der Waals surface area contributed by atoms with E-state index in [1.54, 1.807) is 0 Å². The van der Waals surface area contributed by atoms with Gasteiger partial charge in [0.25, 0.3) is 0 Å². The van der Waals surface area contributed by atoms with Crippen LogP contribution in [0, 0.1) is 0 Å². The van der Waals surface area contributed by atoms with E-state index in [2.05, 4.69) is 10.6 Å². The number of alkyl carbamates (subject to hydrolysis) is 2. The van der Waals surface area contributed by atoms with Crippen LogP contribution in [0.2, 0.25) is 0 Å². The van der Waals surface area contributed by atoms with Crippen LogP contribution < -0.4 is 10.6 Å². The second-order valence-corrected chi connectivity index (χ2v) is 8.14. The normalized spacial score (nSPS) is 12.7. The molecule has 0 saturated heterocycles. The van der Waals surface area contributed by atoms with Crippen molar-refractivity contribution < 1.29 is 29.0 Å². The molecule has 2 amide bonds. The number of hydrogen-bond acceptors (Lipinski definition) is 5. The largest absolute Gasteiger partial charge is 0.480 e. The summed E-state index contributed by atoms with van der Waals surface area (Å²) in [5, 5.41) is 14.3. The fourth-order valence-electron chi connectivity index (χ4n) is 4.13. The topological polar surface area (TPSA) is 114 Å². The number of aliphatic carboxylic acids is 1. The third kappa shape index (κ3) is 5.97. The summed E-state index contributed by atoms with van der Waals surface area (Å²) in [6.07, 6.45) is -1.52. The maximum Gasteiger partial charge on any atom is 0.407 e. The summed E-state index contributed by atoms with van der Waals surface area (Å²) >= 11 is 0. The number of carbonyl (C=O) groups is 3. The first kappa shape index (κ1) is 23.8. The summed E-state index contributed by atoms with van der Waals surface area (Å²) in [6.45, 7) is 0.192. The molecule has 180 valence electrons. The standard InChI is InChI=1S/C27H26N2O6/c30-25(31)24(14-15-28-26(32)34-16-18-8-2-1-3-9-18)29-27(33)35-17-23-21-12-6-4-10-19(21)20-11-5-7-13-22(20)23/h1-13,23-24H,14-17H2,(H,28,32)(H,29,33)(H,30,31). The van der Waals surface area contributed by atoms with Crippen LogP contribution in [-0.4, -0.2) is 42.5 Å². The Morgan fingerprint density at radius 2 is 1.40 bits per heavy atom. The minimum absolute atomic E-state index is 0.00818. The van der Waals surface area contributed by atoms with Gasteiger partial charge in [0.1, 0.15) is 19.3 Å². The van der Waals surface area contributed by atoms with Gasteiger partial charge in [0, 0.05) is 12.5 Å². The summed E-state index contributed by atoms with van der Waals surface area (Å²) in [5.74, 6) is -1.35. The van der Waals surface area contributed by atoms with Crippen molar-refractivity contribution in [3.63, 3.8) is 0 Å². The molecule has 0 aliphatic heterocycles. The zero-order chi connectivity index (χ0) is 24.6. The van der Waals surface area contributed by atoms with Crippen molar-refractivity contribution in [2.75, 3.05) is 13.2 Å². The van der Waals surface area contributed by atoms with Crippen LogP contribution in [-0.2, 0) is 20.9 Å². The van der Waals surface area contributed by atoms with Gasteiger partial charge >= 0.3 is 18.2 Å². The Morgan fingerprint density at radius 1 is 0.800 bits per heavy atom. The molecule has 3 aromatic carbocycles. The maximum atomic E-state index is 12.4. The van der Waals surface area contributed by atoms with Gasteiger partial charge in [-0.05, 0) is 34.2 Å². The molecule has 0 aromatic heterocycles. The zero-order valence-corrected chi connectivity index (χ0v) is 19.0. The summed E-state index contributed by atoms with van der Waals surface area (Å²) < 4.78 is 10.5. The molecule has 0 spiro atoms. The lowest BCUT2D eigenvalue weighted by Crippen LogP contribution is -2.43. The monoisotopic (exact) mass is 474 g/mol. The maximum absolute atomic E-state index is 12.4. The van der Waals surface area contributed by atoms with Crippen LogP contribution in [0.1, 0.15) is 29.0 Å². The van der Waals surface area contributed by atoms with Gasteiger partial charge in [-0.2, -0.15) is 0 Å². The lowest BCUT2D eigenvalue weighted by molar-refractivity contribution is -0.139. The fraction of sp³-hybridized carbons (Fsp3) is 0.222. The number of rotatable bonds is 9. The lowest BCUT2D eigenvalue weighted by Gasteiger charge is -2.17. The molecule has 4 rings (SSSR count). The summed E-state index contributed by atoms with van der Waals surface area (Å²) in [7, 11) is 0. The number of hydrogen-bond donors (Lipinski definition) is 3. The number of carboxylic acids is 1. The Kier molecular flexibility index (Phi) is 7.62. The van der Waals surface area contributed by atoms with Crippen LogP contribution in [0.25, 0.3) is 11.1 Å². The van der Waals surface area contributed by atoms with Gasteiger partial charge in [0.2, 0.25) is 0 Å². The minimum atomic E-state index is -1.22. The fourth-order valence-corrected chi connectivity index (χ4v) is 4.13. The molecular weight excluding hydrogens is 448 g/mol. The molecule has 1 aliphatic rings. The highest BCUT2D eigenvalue weighted by Gasteiger charge is 2.29. The highest BCUT2D eigenvalue weighted by Crippen LogP contribution is 2.44. The molecule has 35 heavy (non-hydrogen) atoms. The molecule has 1 unspecified atom stereocenters. The van der Waals surface area contributed by atoms with E-state index in [-0.39, 0.29) is 32.1 Å². The Morgan fingerprint density at radius 3 is 2.03 bits per heavy atom. The van der Waals surface area contributed by atoms with E-state index in [0.717, 1.165) is 27.8 Å². The van der Waals surface area contributed by atoms with Crippen LogP contribution in [0.15, 0.2) is 78.9 Å². The molecular formula is C27H26N2O6. The predicted molar refractivity (Wildman–Crippen MR) is 129 cm³/mol. The Hall–Kier alpha value is -4.33. The molecule has 3 N–H and O–H groups in total. The average molecular weight is 475 g/mol. The van der Waals surface area contributed by atoms with E-state index in [0.29, 0.717) is 0 Å². The average Bonchev–Trinajstić information content (AvgIpc) is 3.20. The predicted octanol–water partition coefficient (Wildman–Crippen LogP) is 4.29. The van der Waals surface area contributed by atoms with Crippen molar-refractivity contribution in [3.05, 3.63) is 95.6 Å². The van der Waals surface area contributed by atoms with E-state index >= 15 is 0 Å². The highest BCUT2D eigenvalue weighted by molar-refractivity contribution is 5.81. The van der Waals surface area contributed by atoms with E-state index in [9.17, 15) is 19.5 Å². The SMILES string of the molecule is O=C(NCCC(NC(=O)OCC1c2ccccc2-c2ccccc21)C(=O)O)OCc1ccccc1. The van der Waals surface area contributed by atoms with Crippen molar-refractivity contribution >= 4 is 18.2 Å². The molecule has 0 bridgehead atoms. The first-order valence-electron chi connectivity index (χ1n) is 11.3. The van der Waals surface area contributed by atoms with Crippen molar-refractivity contribution in [2.24, 2.45) is 0 Å². The molecule has 3 aromatic rings. The number of carbonyl (C=O) groups excluding carboxylic acids is 2. The van der Waals surface area contributed by atoms with Crippen molar-refractivity contribution in [3.8, 4) is 11.1 Å². The van der Waals surface area contributed by atoms with Crippen molar-refractivity contribution in [2.45, 2.75) is 25.0 Å². The van der Waals surface area contributed by atoms with Crippen LogP contribution in [0.4, 0.5) is 9.59 Å². The molecule has 0 fully saturated rings. The van der Waals surface area contributed by atoms with E-state index < -0.39 is 24.2 Å². The van der Waals surface area contributed by atoms with Gasteiger partial charge in [-0.15, -0.1) is 0 Å². The van der Waals surface area contributed by atoms with Gasteiger partial charge in [-0.1, -0.05) is 78.9 Å². The smallest absolute Gasteiger partial charge is 0.407 e. The lowest BCUT2D eigenvalue weighted by atomic mass is 9.98. The number of carboxylic acid groups (broad SMARTS) is 1. The van der Waals surface area contributed by atoms with Gasteiger partial charge in [-0.25, -0.2) is 14.4 Å². The number of amides is 2. The first-order chi connectivity index (χ1) is 17.0. The Bertz CT molecular complexity index is 1150. The second-order valence-electron chi connectivity index (χ2n) is 8.14. The molecule has 1 atom stereocenters. The van der Waals surface area contributed by atoms with Crippen LogP contribution >= 0.6 is 0 Å². The van der Waals surface area contributed by atoms with E-state index in [1.165, 1.54) is 0 Å². The van der Waals surface area contributed by atoms with E-state index in [4.69, 9.17) is 9.47 Å². The van der Waals surface area contributed by atoms with Gasteiger partial charge in [0.15, 0.2) is 0 Å². The quantitative estimate of drug-likeness (QED) is 0.426. The van der Waals surface area contributed by atoms with Gasteiger partial charge in [-0.3, -0.25) is 0 Å². The van der Waals surface area contributed by atoms with Crippen molar-refractivity contribution in [1.82, 2.24) is 10.6 Å². The molecule has 0 heterocycles. The summed E-state index contributed by atoms with van der Waals surface area (Å²) in [6, 6.07) is 23.9. The number of fused-ring (bicyclic) bond motifs is 3. The Labute approximate surface area is 202 Å².